The maximum absolute atomic E-state index is 12.8. The standard InChI is InChI=1S/C20H29N3O5/c1-6-7-8-9-14(24)21-12(4)10-15(25)22-17(11(2)3)18(26)16-13(5)19(27)23-20(16)28/h6-9,11-13,16-17H,10H2,1-5H3,(H,21,24)(H,22,25)(H,23,27,28). The van der Waals surface area contributed by atoms with Crippen LogP contribution >= 0.6 is 0 Å². The zero-order valence-corrected chi connectivity index (χ0v) is 16.9. The molecule has 28 heavy (non-hydrogen) atoms. The number of amides is 4. The van der Waals surface area contributed by atoms with E-state index < -0.39 is 47.4 Å². The van der Waals surface area contributed by atoms with Crippen LogP contribution in [0, 0.1) is 17.8 Å². The third-order valence-corrected chi connectivity index (χ3v) is 4.47. The van der Waals surface area contributed by atoms with Crippen molar-refractivity contribution in [2.45, 2.75) is 53.1 Å². The molecule has 8 nitrogen and oxygen atoms in total. The Balaban J connectivity index is 2.70. The van der Waals surface area contributed by atoms with Gasteiger partial charge < -0.3 is 10.6 Å². The molecular weight excluding hydrogens is 362 g/mol. The van der Waals surface area contributed by atoms with E-state index in [1.54, 1.807) is 39.0 Å². The van der Waals surface area contributed by atoms with E-state index in [2.05, 4.69) is 16.0 Å². The van der Waals surface area contributed by atoms with Crippen LogP contribution in [-0.2, 0) is 24.0 Å². The molecule has 154 valence electrons. The Morgan fingerprint density at radius 3 is 2.21 bits per heavy atom. The number of allylic oxidation sites excluding steroid dienone is 3. The summed E-state index contributed by atoms with van der Waals surface area (Å²) in [6.07, 6.45) is 6.41. The largest absolute Gasteiger partial charge is 0.350 e. The number of hydrogen-bond acceptors (Lipinski definition) is 5. The summed E-state index contributed by atoms with van der Waals surface area (Å²) in [6, 6.07) is -1.34. The lowest BCUT2D eigenvalue weighted by Crippen LogP contribution is -2.50. The van der Waals surface area contributed by atoms with Crippen LogP contribution in [0.25, 0.3) is 0 Å². The molecule has 4 unspecified atom stereocenters. The third kappa shape index (κ3) is 6.44. The normalized spacial score (nSPS) is 21.8. The first-order valence-corrected chi connectivity index (χ1v) is 9.36. The van der Waals surface area contributed by atoms with E-state index in [1.165, 1.54) is 13.0 Å². The Morgan fingerprint density at radius 1 is 1.07 bits per heavy atom. The summed E-state index contributed by atoms with van der Waals surface area (Å²) >= 11 is 0. The van der Waals surface area contributed by atoms with Gasteiger partial charge in [0, 0.05) is 18.5 Å². The van der Waals surface area contributed by atoms with Gasteiger partial charge in [-0.2, -0.15) is 0 Å². The zero-order valence-electron chi connectivity index (χ0n) is 16.9. The van der Waals surface area contributed by atoms with Gasteiger partial charge in [-0.05, 0) is 19.8 Å². The molecule has 1 rings (SSSR count). The fourth-order valence-corrected chi connectivity index (χ4v) is 2.93. The van der Waals surface area contributed by atoms with Crippen molar-refractivity contribution in [3.8, 4) is 0 Å². The first-order chi connectivity index (χ1) is 13.1. The average Bonchev–Trinajstić information content (AvgIpc) is 2.84. The van der Waals surface area contributed by atoms with Crippen molar-refractivity contribution >= 4 is 29.4 Å². The number of rotatable bonds is 9. The highest BCUT2D eigenvalue weighted by Crippen LogP contribution is 2.23. The van der Waals surface area contributed by atoms with E-state index in [9.17, 15) is 24.0 Å². The molecule has 3 N–H and O–H groups in total. The number of carbonyl (C=O) groups is 5. The predicted octanol–water partition coefficient (Wildman–Crippen LogP) is 0.632. The summed E-state index contributed by atoms with van der Waals surface area (Å²) in [7, 11) is 0. The van der Waals surface area contributed by atoms with E-state index in [1.807, 2.05) is 6.92 Å². The van der Waals surface area contributed by atoms with Gasteiger partial charge in [-0.25, -0.2) is 0 Å². The average molecular weight is 391 g/mol. The summed E-state index contributed by atoms with van der Waals surface area (Å²) < 4.78 is 0. The van der Waals surface area contributed by atoms with E-state index in [0.29, 0.717) is 0 Å². The summed E-state index contributed by atoms with van der Waals surface area (Å²) in [5, 5.41) is 7.46. The molecule has 1 saturated heterocycles. The summed E-state index contributed by atoms with van der Waals surface area (Å²) in [5.41, 5.74) is 0. The predicted molar refractivity (Wildman–Crippen MR) is 104 cm³/mol. The number of carbonyl (C=O) groups excluding carboxylic acids is 5. The van der Waals surface area contributed by atoms with Crippen LogP contribution in [0.2, 0.25) is 0 Å². The smallest absolute Gasteiger partial charge is 0.244 e. The molecule has 1 fully saturated rings. The Morgan fingerprint density at radius 2 is 1.71 bits per heavy atom. The van der Waals surface area contributed by atoms with Crippen molar-refractivity contribution in [2.75, 3.05) is 0 Å². The molecule has 8 heteroatoms. The Bertz CT molecular complexity index is 696. The molecule has 1 aliphatic rings. The van der Waals surface area contributed by atoms with Crippen LogP contribution in [0.3, 0.4) is 0 Å². The van der Waals surface area contributed by atoms with Crippen LogP contribution in [0.4, 0.5) is 0 Å². The maximum Gasteiger partial charge on any atom is 0.244 e. The molecule has 0 saturated carbocycles. The second-order valence-electron chi connectivity index (χ2n) is 7.31. The minimum absolute atomic E-state index is 0.0228. The fourth-order valence-electron chi connectivity index (χ4n) is 2.93. The first kappa shape index (κ1) is 23.3. The molecular formula is C20H29N3O5. The van der Waals surface area contributed by atoms with Gasteiger partial charge in [0.15, 0.2) is 5.78 Å². The van der Waals surface area contributed by atoms with Crippen molar-refractivity contribution in [1.29, 1.82) is 0 Å². The van der Waals surface area contributed by atoms with Crippen LogP contribution in [0.15, 0.2) is 24.3 Å². The number of nitrogens with one attached hydrogen (secondary N) is 3. The van der Waals surface area contributed by atoms with E-state index in [-0.39, 0.29) is 18.2 Å². The molecule has 0 radical (unpaired) electrons. The summed E-state index contributed by atoms with van der Waals surface area (Å²) in [5.74, 6) is -4.48. The summed E-state index contributed by atoms with van der Waals surface area (Å²) in [6.45, 7) is 8.52. The van der Waals surface area contributed by atoms with Gasteiger partial charge in [-0.3, -0.25) is 29.3 Å². The van der Waals surface area contributed by atoms with Crippen molar-refractivity contribution in [2.24, 2.45) is 17.8 Å². The molecule has 0 aromatic carbocycles. The van der Waals surface area contributed by atoms with Gasteiger partial charge in [-0.15, -0.1) is 0 Å². The number of hydrogen-bond donors (Lipinski definition) is 3. The molecule has 0 aliphatic carbocycles. The molecule has 1 aliphatic heterocycles. The van der Waals surface area contributed by atoms with Crippen molar-refractivity contribution in [3.05, 3.63) is 24.3 Å². The SMILES string of the molecule is CC=CC=CC(=O)NC(C)CC(=O)NC(C(=O)C1C(=O)NC(=O)C1C)C(C)C. The lowest BCUT2D eigenvalue weighted by atomic mass is 9.85. The number of ketones is 1. The third-order valence-electron chi connectivity index (χ3n) is 4.47. The Hall–Kier alpha value is -2.77. The molecule has 0 aromatic rings. The van der Waals surface area contributed by atoms with E-state index >= 15 is 0 Å². The van der Waals surface area contributed by atoms with Crippen LogP contribution in [-0.4, -0.2) is 41.5 Å². The van der Waals surface area contributed by atoms with Gasteiger partial charge >= 0.3 is 0 Å². The van der Waals surface area contributed by atoms with Crippen LogP contribution in [0.5, 0.6) is 0 Å². The minimum atomic E-state index is -1.10. The van der Waals surface area contributed by atoms with Gasteiger partial charge in [0.1, 0.15) is 5.92 Å². The fraction of sp³-hybridized carbons (Fsp3) is 0.550. The molecule has 4 amide bonds. The van der Waals surface area contributed by atoms with Crippen molar-refractivity contribution < 1.29 is 24.0 Å². The maximum atomic E-state index is 12.8. The number of imide groups is 1. The van der Waals surface area contributed by atoms with Crippen molar-refractivity contribution in [1.82, 2.24) is 16.0 Å². The lowest BCUT2D eigenvalue weighted by Gasteiger charge is -2.25. The summed E-state index contributed by atoms with van der Waals surface area (Å²) in [4.78, 5) is 60.4. The first-order valence-electron chi connectivity index (χ1n) is 9.36. The van der Waals surface area contributed by atoms with Gasteiger partial charge in [0.05, 0.1) is 12.0 Å². The second kappa shape index (κ2) is 10.5. The van der Waals surface area contributed by atoms with Gasteiger partial charge in [-0.1, -0.05) is 39.0 Å². The highest BCUT2D eigenvalue weighted by atomic mass is 16.2. The van der Waals surface area contributed by atoms with Crippen molar-refractivity contribution in [3.63, 3.8) is 0 Å². The van der Waals surface area contributed by atoms with Crippen LogP contribution in [0.1, 0.15) is 41.0 Å². The Kier molecular flexibility index (Phi) is 8.76. The Labute approximate surface area is 165 Å². The highest BCUT2D eigenvalue weighted by molar-refractivity contribution is 6.16. The highest BCUT2D eigenvalue weighted by Gasteiger charge is 2.46. The van der Waals surface area contributed by atoms with E-state index in [0.717, 1.165) is 0 Å². The molecule has 0 bridgehead atoms. The molecule has 1 heterocycles. The van der Waals surface area contributed by atoms with Crippen LogP contribution < -0.4 is 16.0 Å². The zero-order chi connectivity index (χ0) is 21.4. The second-order valence-corrected chi connectivity index (χ2v) is 7.31. The molecule has 4 atom stereocenters. The van der Waals surface area contributed by atoms with Gasteiger partial charge in [0.2, 0.25) is 23.6 Å². The molecule has 0 aromatic heterocycles. The lowest BCUT2D eigenvalue weighted by molar-refractivity contribution is -0.137. The molecule has 0 spiro atoms. The topological polar surface area (TPSA) is 121 Å². The quantitative estimate of drug-likeness (QED) is 0.230. The monoisotopic (exact) mass is 391 g/mol. The van der Waals surface area contributed by atoms with Gasteiger partial charge in [0.25, 0.3) is 0 Å². The van der Waals surface area contributed by atoms with E-state index in [4.69, 9.17) is 0 Å². The minimum Gasteiger partial charge on any atom is -0.350 e. The number of Topliss-reactive ketones (excluding diaryl/α,β-unsaturated/α-hetero) is 1.